The summed E-state index contributed by atoms with van der Waals surface area (Å²) in [5.41, 5.74) is -0.865. The van der Waals surface area contributed by atoms with Crippen LogP contribution in [-0.2, 0) is 6.61 Å². The van der Waals surface area contributed by atoms with E-state index >= 15 is 0 Å². The van der Waals surface area contributed by atoms with Crippen molar-refractivity contribution < 1.29 is 24.4 Å². The number of benzene rings is 2. The quantitative estimate of drug-likeness (QED) is 0.498. The average molecular weight is 315 g/mol. The van der Waals surface area contributed by atoms with Gasteiger partial charge in [-0.15, -0.1) is 0 Å². The van der Waals surface area contributed by atoms with Crippen LogP contribution in [0.25, 0.3) is 0 Å². The van der Waals surface area contributed by atoms with Gasteiger partial charge in [-0.3, -0.25) is 14.9 Å². The van der Waals surface area contributed by atoms with Crippen molar-refractivity contribution in [2.75, 3.05) is 0 Å². The van der Waals surface area contributed by atoms with Crippen LogP contribution in [-0.4, -0.2) is 21.8 Å². The number of hydrogen-bond acceptors (Lipinski definition) is 5. The second-order valence-corrected chi connectivity index (χ2v) is 4.73. The van der Waals surface area contributed by atoms with E-state index in [9.17, 15) is 24.8 Å². The maximum atomic E-state index is 11.5. The number of rotatable bonds is 6. The minimum Gasteiger partial charge on any atom is -0.488 e. The first-order chi connectivity index (χ1) is 10.9. The summed E-state index contributed by atoms with van der Waals surface area (Å²) in [6, 6.07) is 11.4. The maximum absolute atomic E-state index is 11.5. The molecule has 2 aromatic carbocycles. The molecule has 7 nitrogen and oxygen atoms in total. The SMILES string of the molecule is CC(=O)c1ccc(OCc2ccccc2)c(C(=O)O)c1[N+](=O)[O-]. The Morgan fingerprint density at radius 3 is 2.35 bits per heavy atom. The fraction of sp³-hybridized carbons (Fsp3) is 0.125. The highest BCUT2D eigenvalue weighted by Gasteiger charge is 2.30. The second kappa shape index (κ2) is 6.69. The number of hydrogen-bond donors (Lipinski definition) is 1. The van der Waals surface area contributed by atoms with Crippen LogP contribution in [0.15, 0.2) is 42.5 Å². The van der Waals surface area contributed by atoms with Gasteiger partial charge in [-0.25, -0.2) is 4.79 Å². The van der Waals surface area contributed by atoms with Crippen LogP contribution in [0.1, 0.15) is 33.2 Å². The highest BCUT2D eigenvalue weighted by Crippen LogP contribution is 2.33. The summed E-state index contributed by atoms with van der Waals surface area (Å²) >= 11 is 0. The molecule has 0 unspecified atom stereocenters. The van der Waals surface area contributed by atoms with Crippen LogP contribution in [0.4, 0.5) is 5.69 Å². The van der Waals surface area contributed by atoms with Crippen LogP contribution in [0, 0.1) is 10.1 Å². The molecule has 0 saturated carbocycles. The van der Waals surface area contributed by atoms with Crippen molar-refractivity contribution in [3.05, 3.63) is 69.3 Å². The zero-order chi connectivity index (χ0) is 17.0. The van der Waals surface area contributed by atoms with Gasteiger partial charge in [0.15, 0.2) is 11.3 Å². The molecule has 0 saturated heterocycles. The largest absolute Gasteiger partial charge is 0.488 e. The molecule has 0 heterocycles. The lowest BCUT2D eigenvalue weighted by atomic mass is 10.0. The molecule has 0 spiro atoms. The third kappa shape index (κ3) is 3.52. The molecule has 0 aliphatic heterocycles. The predicted octanol–water partition coefficient (Wildman–Crippen LogP) is 3.07. The number of nitrogens with zero attached hydrogens (tertiary/aromatic N) is 1. The van der Waals surface area contributed by atoms with Gasteiger partial charge in [0.05, 0.1) is 10.5 Å². The lowest BCUT2D eigenvalue weighted by Crippen LogP contribution is -2.11. The van der Waals surface area contributed by atoms with E-state index in [2.05, 4.69) is 0 Å². The summed E-state index contributed by atoms with van der Waals surface area (Å²) < 4.78 is 5.41. The molecular weight excluding hydrogens is 302 g/mol. The lowest BCUT2D eigenvalue weighted by Gasteiger charge is -2.11. The standard InChI is InChI=1S/C16H13NO6/c1-10(18)12-7-8-13(14(16(19)20)15(12)17(21)22)23-9-11-5-3-2-4-6-11/h2-8H,9H2,1H3,(H,19,20). The van der Waals surface area contributed by atoms with Crippen LogP contribution < -0.4 is 4.74 Å². The van der Waals surface area contributed by atoms with Crippen molar-refractivity contribution in [2.24, 2.45) is 0 Å². The molecule has 1 N–H and O–H groups in total. The molecule has 118 valence electrons. The van der Waals surface area contributed by atoms with Gasteiger partial charge in [-0.05, 0) is 24.6 Å². The van der Waals surface area contributed by atoms with Crippen LogP contribution in [0.2, 0.25) is 0 Å². The van der Waals surface area contributed by atoms with Crippen molar-refractivity contribution in [3.63, 3.8) is 0 Å². The first-order valence-corrected chi connectivity index (χ1v) is 6.64. The number of carboxylic acid groups (broad SMARTS) is 1. The molecule has 0 fully saturated rings. The number of ketones is 1. The van der Waals surface area contributed by atoms with Gasteiger partial charge in [0.1, 0.15) is 12.4 Å². The third-order valence-corrected chi connectivity index (χ3v) is 3.15. The van der Waals surface area contributed by atoms with Gasteiger partial charge < -0.3 is 9.84 Å². The molecule has 0 radical (unpaired) electrons. The Bertz CT molecular complexity index is 770. The average Bonchev–Trinajstić information content (AvgIpc) is 2.52. The summed E-state index contributed by atoms with van der Waals surface area (Å²) in [5, 5.41) is 20.5. The topological polar surface area (TPSA) is 107 Å². The highest BCUT2D eigenvalue weighted by atomic mass is 16.6. The minimum absolute atomic E-state index is 0.0533. The number of nitro groups is 1. The summed E-state index contributed by atoms with van der Waals surface area (Å²) in [6.45, 7) is 1.19. The van der Waals surface area contributed by atoms with Gasteiger partial charge in [0.2, 0.25) is 0 Å². The van der Waals surface area contributed by atoms with Gasteiger partial charge in [-0.2, -0.15) is 0 Å². The lowest BCUT2D eigenvalue weighted by molar-refractivity contribution is -0.385. The number of aromatic carboxylic acids is 1. The zero-order valence-corrected chi connectivity index (χ0v) is 12.2. The van der Waals surface area contributed by atoms with Crippen molar-refractivity contribution in [1.82, 2.24) is 0 Å². The van der Waals surface area contributed by atoms with Crippen LogP contribution in [0.3, 0.4) is 0 Å². The molecule has 2 aromatic rings. The summed E-state index contributed by atoms with van der Waals surface area (Å²) in [5.74, 6) is -2.27. The Kier molecular flexibility index (Phi) is 4.70. The van der Waals surface area contributed by atoms with E-state index in [1.807, 2.05) is 6.07 Å². The zero-order valence-electron chi connectivity index (χ0n) is 12.2. The van der Waals surface area contributed by atoms with E-state index in [4.69, 9.17) is 4.74 Å². The van der Waals surface area contributed by atoms with Gasteiger partial charge in [0, 0.05) is 0 Å². The number of carbonyl (C=O) groups is 2. The molecule has 0 aromatic heterocycles. The molecular formula is C16H13NO6. The summed E-state index contributed by atoms with van der Waals surface area (Å²) in [6.07, 6.45) is 0. The Balaban J connectivity index is 2.47. The van der Waals surface area contributed by atoms with Crippen molar-refractivity contribution in [1.29, 1.82) is 0 Å². The van der Waals surface area contributed by atoms with E-state index in [0.717, 1.165) is 12.5 Å². The second-order valence-electron chi connectivity index (χ2n) is 4.73. The fourth-order valence-electron chi connectivity index (χ4n) is 2.11. The van der Waals surface area contributed by atoms with E-state index in [1.54, 1.807) is 24.3 Å². The Hall–Kier alpha value is -3.22. The normalized spacial score (nSPS) is 10.1. The summed E-state index contributed by atoms with van der Waals surface area (Å²) in [4.78, 5) is 33.3. The fourth-order valence-corrected chi connectivity index (χ4v) is 2.11. The molecule has 23 heavy (non-hydrogen) atoms. The van der Waals surface area contributed by atoms with Crippen molar-refractivity contribution in [3.8, 4) is 5.75 Å². The maximum Gasteiger partial charge on any atom is 0.346 e. The Morgan fingerprint density at radius 1 is 1.17 bits per heavy atom. The first kappa shape index (κ1) is 16.2. The molecule has 7 heteroatoms. The Morgan fingerprint density at radius 2 is 1.83 bits per heavy atom. The first-order valence-electron chi connectivity index (χ1n) is 6.64. The predicted molar refractivity (Wildman–Crippen MR) is 80.8 cm³/mol. The summed E-state index contributed by atoms with van der Waals surface area (Å²) in [7, 11) is 0. The van der Waals surface area contributed by atoms with E-state index in [-0.39, 0.29) is 17.9 Å². The minimum atomic E-state index is -1.53. The van der Waals surface area contributed by atoms with Gasteiger partial charge in [-0.1, -0.05) is 30.3 Å². The monoisotopic (exact) mass is 315 g/mol. The van der Waals surface area contributed by atoms with E-state index in [0.29, 0.717) is 0 Å². The van der Waals surface area contributed by atoms with Gasteiger partial charge in [0.25, 0.3) is 5.69 Å². The molecule has 0 atom stereocenters. The van der Waals surface area contributed by atoms with Gasteiger partial charge >= 0.3 is 5.97 Å². The number of carboxylic acids is 1. The van der Waals surface area contributed by atoms with Crippen molar-refractivity contribution in [2.45, 2.75) is 13.5 Å². The van der Waals surface area contributed by atoms with Crippen molar-refractivity contribution >= 4 is 17.4 Å². The number of carbonyl (C=O) groups excluding carboxylic acids is 1. The van der Waals surface area contributed by atoms with E-state index < -0.39 is 27.9 Å². The third-order valence-electron chi connectivity index (χ3n) is 3.15. The number of ether oxygens (including phenoxy) is 1. The van der Waals surface area contributed by atoms with Crippen LogP contribution in [0.5, 0.6) is 5.75 Å². The number of Topliss-reactive ketones (excluding diaryl/α,β-unsaturated/α-hetero) is 1. The Labute approximate surface area is 131 Å². The van der Waals surface area contributed by atoms with E-state index in [1.165, 1.54) is 12.1 Å². The van der Waals surface area contributed by atoms with Crippen LogP contribution >= 0.6 is 0 Å². The number of nitro benzene ring substituents is 1. The highest BCUT2D eigenvalue weighted by molar-refractivity contribution is 6.05. The smallest absolute Gasteiger partial charge is 0.346 e. The molecule has 0 aliphatic carbocycles. The molecule has 0 amide bonds. The molecule has 0 bridgehead atoms. The molecule has 2 rings (SSSR count). The molecule has 0 aliphatic rings.